The first kappa shape index (κ1) is 24.0. The molecular formula is C31H29NO3. The highest BCUT2D eigenvalue weighted by Gasteiger charge is 2.45. The van der Waals surface area contributed by atoms with Crippen LogP contribution in [0.2, 0.25) is 0 Å². The van der Waals surface area contributed by atoms with Crippen molar-refractivity contribution in [3.63, 3.8) is 0 Å². The number of hydrogen-bond donors (Lipinski definition) is 1. The zero-order chi connectivity index (χ0) is 24.7. The highest BCUT2D eigenvalue weighted by Crippen LogP contribution is 2.39. The third kappa shape index (κ3) is 5.02. The van der Waals surface area contributed by atoms with Gasteiger partial charge >= 0.3 is 5.97 Å². The molecule has 4 nitrogen and oxygen atoms in total. The summed E-state index contributed by atoms with van der Waals surface area (Å²) in [6, 6.07) is 36.1. The lowest BCUT2D eigenvalue weighted by Gasteiger charge is -2.35. The standard InChI is InChI=1S/C31H29NO3/c1-23-18-20-24(21-19-23)22-28(29(33)35-2)32-30(34)31(25-12-6-3-7-13-25,26-14-8-4-9-15-26)27-16-10-5-11-17-27/h3-21,28H,22H2,1-2H3,(H,32,34)/t28-/m1/s1. The fraction of sp³-hybridized carbons (Fsp3) is 0.161. The molecule has 0 aromatic heterocycles. The number of rotatable bonds is 8. The number of carbonyl (C=O) groups excluding carboxylic acids is 2. The highest BCUT2D eigenvalue weighted by molar-refractivity contribution is 5.98. The van der Waals surface area contributed by atoms with E-state index in [2.05, 4.69) is 5.32 Å². The average Bonchev–Trinajstić information content (AvgIpc) is 2.91. The molecule has 1 atom stereocenters. The minimum absolute atomic E-state index is 0.288. The van der Waals surface area contributed by atoms with Gasteiger partial charge in [0.05, 0.1) is 7.11 Å². The van der Waals surface area contributed by atoms with Crippen molar-refractivity contribution in [2.45, 2.75) is 24.8 Å². The molecule has 0 aliphatic rings. The maximum atomic E-state index is 14.4. The Bertz CT molecular complexity index is 1160. The van der Waals surface area contributed by atoms with Crippen LogP contribution in [0.5, 0.6) is 0 Å². The SMILES string of the molecule is COC(=O)[C@@H](Cc1ccc(C)cc1)NC(=O)C(c1ccccc1)(c1ccccc1)c1ccccc1. The van der Waals surface area contributed by atoms with Gasteiger partial charge in [0.2, 0.25) is 5.91 Å². The van der Waals surface area contributed by atoms with Gasteiger partial charge in [-0.05, 0) is 29.2 Å². The summed E-state index contributed by atoms with van der Waals surface area (Å²) in [5.74, 6) is -0.773. The van der Waals surface area contributed by atoms with Gasteiger partial charge in [-0.15, -0.1) is 0 Å². The molecule has 4 aromatic carbocycles. The van der Waals surface area contributed by atoms with Crippen LogP contribution in [-0.2, 0) is 26.2 Å². The van der Waals surface area contributed by atoms with E-state index in [0.717, 1.165) is 27.8 Å². The normalized spacial score (nSPS) is 11.9. The van der Waals surface area contributed by atoms with Crippen LogP contribution >= 0.6 is 0 Å². The van der Waals surface area contributed by atoms with Gasteiger partial charge in [0.15, 0.2) is 0 Å². The molecular weight excluding hydrogens is 434 g/mol. The summed E-state index contributed by atoms with van der Waals surface area (Å²) in [5, 5.41) is 3.05. The Morgan fingerprint density at radius 2 is 1.14 bits per heavy atom. The van der Waals surface area contributed by atoms with E-state index in [1.165, 1.54) is 7.11 Å². The van der Waals surface area contributed by atoms with E-state index in [1.54, 1.807) is 0 Å². The van der Waals surface area contributed by atoms with Crippen molar-refractivity contribution in [3.05, 3.63) is 143 Å². The van der Waals surface area contributed by atoms with Gasteiger partial charge in [-0.3, -0.25) is 4.79 Å². The molecule has 0 saturated heterocycles. The van der Waals surface area contributed by atoms with Crippen LogP contribution in [0.25, 0.3) is 0 Å². The zero-order valence-corrected chi connectivity index (χ0v) is 20.0. The lowest BCUT2D eigenvalue weighted by Crippen LogP contribution is -2.52. The Morgan fingerprint density at radius 1 is 0.714 bits per heavy atom. The number of nitrogens with one attached hydrogen (secondary N) is 1. The van der Waals surface area contributed by atoms with Gasteiger partial charge in [-0.25, -0.2) is 4.79 Å². The second kappa shape index (κ2) is 10.8. The third-order valence-electron chi connectivity index (χ3n) is 6.31. The quantitative estimate of drug-likeness (QED) is 0.288. The van der Waals surface area contributed by atoms with Crippen molar-refractivity contribution in [1.82, 2.24) is 5.32 Å². The smallest absolute Gasteiger partial charge is 0.328 e. The number of esters is 1. The van der Waals surface area contributed by atoms with Crippen LogP contribution in [-0.4, -0.2) is 25.0 Å². The Morgan fingerprint density at radius 3 is 1.54 bits per heavy atom. The number of aryl methyl sites for hydroxylation is 1. The Hall–Kier alpha value is -4.18. The van der Waals surface area contributed by atoms with Gasteiger partial charge in [0.1, 0.15) is 11.5 Å². The number of ether oxygens (including phenoxy) is 1. The number of benzene rings is 4. The number of hydrogen-bond acceptors (Lipinski definition) is 3. The predicted molar refractivity (Wildman–Crippen MR) is 138 cm³/mol. The van der Waals surface area contributed by atoms with Crippen molar-refractivity contribution in [3.8, 4) is 0 Å². The molecule has 0 fully saturated rings. The first-order valence-corrected chi connectivity index (χ1v) is 11.7. The summed E-state index contributed by atoms with van der Waals surface area (Å²) in [4.78, 5) is 27.2. The van der Waals surface area contributed by atoms with E-state index in [1.807, 2.05) is 122 Å². The van der Waals surface area contributed by atoms with Crippen LogP contribution in [0.1, 0.15) is 27.8 Å². The molecule has 1 N–H and O–H groups in total. The van der Waals surface area contributed by atoms with Gasteiger partial charge in [-0.2, -0.15) is 0 Å². The van der Waals surface area contributed by atoms with E-state index >= 15 is 0 Å². The van der Waals surface area contributed by atoms with Crippen molar-refractivity contribution in [2.75, 3.05) is 7.11 Å². The second-order valence-corrected chi connectivity index (χ2v) is 8.59. The van der Waals surface area contributed by atoms with Crippen molar-refractivity contribution >= 4 is 11.9 Å². The minimum atomic E-state index is -1.16. The van der Waals surface area contributed by atoms with Crippen LogP contribution in [0.15, 0.2) is 115 Å². The van der Waals surface area contributed by atoms with Crippen molar-refractivity contribution in [2.24, 2.45) is 0 Å². The summed E-state index contributed by atoms with van der Waals surface area (Å²) in [6.07, 6.45) is 0.327. The third-order valence-corrected chi connectivity index (χ3v) is 6.31. The molecule has 0 bridgehead atoms. The molecule has 4 rings (SSSR count). The van der Waals surface area contributed by atoms with Crippen LogP contribution in [0, 0.1) is 6.92 Å². The van der Waals surface area contributed by atoms with Crippen LogP contribution in [0.3, 0.4) is 0 Å². The lowest BCUT2D eigenvalue weighted by atomic mass is 9.68. The molecule has 0 radical (unpaired) electrons. The summed E-state index contributed by atoms with van der Waals surface area (Å²) in [5.41, 5.74) is 3.35. The van der Waals surface area contributed by atoms with Gasteiger partial charge in [0, 0.05) is 6.42 Å². The summed E-state index contributed by atoms with van der Waals surface area (Å²) in [7, 11) is 1.34. The molecule has 0 spiro atoms. The van der Waals surface area contributed by atoms with E-state index in [0.29, 0.717) is 6.42 Å². The lowest BCUT2D eigenvalue weighted by molar-refractivity contribution is -0.145. The van der Waals surface area contributed by atoms with E-state index in [9.17, 15) is 9.59 Å². The average molecular weight is 464 g/mol. The number of carbonyl (C=O) groups is 2. The van der Waals surface area contributed by atoms with E-state index in [-0.39, 0.29) is 5.91 Å². The number of amides is 1. The van der Waals surface area contributed by atoms with Crippen molar-refractivity contribution < 1.29 is 14.3 Å². The van der Waals surface area contributed by atoms with Crippen LogP contribution < -0.4 is 5.32 Å². The second-order valence-electron chi connectivity index (χ2n) is 8.59. The summed E-state index contributed by atoms with van der Waals surface area (Å²) >= 11 is 0. The predicted octanol–water partition coefficient (Wildman–Crippen LogP) is 5.23. The maximum absolute atomic E-state index is 14.4. The molecule has 0 aliphatic heterocycles. The monoisotopic (exact) mass is 463 g/mol. The highest BCUT2D eigenvalue weighted by atomic mass is 16.5. The Kier molecular flexibility index (Phi) is 7.41. The van der Waals surface area contributed by atoms with Gasteiger partial charge in [-0.1, -0.05) is 121 Å². The molecule has 4 heteroatoms. The molecule has 0 unspecified atom stereocenters. The number of methoxy groups -OCH3 is 1. The van der Waals surface area contributed by atoms with Crippen molar-refractivity contribution in [1.29, 1.82) is 0 Å². The van der Waals surface area contributed by atoms with E-state index in [4.69, 9.17) is 4.74 Å². The summed E-state index contributed by atoms with van der Waals surface area (Å²) in [6.45, 7) is 2.01. The fourth-order valence-electron chi connectivity index (χ4n) is 4.52. The first-order valence-electron chi connectivity index (χ1n) is 11.7. The molecule has 35 heavy (non-hydrogen) atoms. The van der Waals surface area contributed by atoms with E-state index < -0.39 is 17.4 Å². The molecule has 0 heterocycles. The topological polar surface area (TPSA) is 55.4 Å². The van der Waals surface area contributed by atoms with Gasteiger partial charge < -0.3 is 10.1 Å². The maximum Gasteiger partial charge on any atom is 0.328 e. The molecule has 0 saturated carbocycles. The summed E-state index contributed by atoms with van der Waals surface area (Å²) < 4.78 is 5.09. The van der Waals surface area contributed by atoms with Gasteiger partial charge in [0.25, 0.3) is 0 Å². The molecule has 176 valence electrons. The molecule has 1 amide bonds. The first-order chi connectivity index (χ1) is 17.1. The largest absolute Gasteiger partial charge is 0.467 e. The fourth-order valence-corrected chi connectivity index (χ4v) is 4.52. The minimum Gasteiger partial charge on any atom is -0.467 e. The Labute approximate surface area is 206 Å². The molecule has 0 aliphatic carbocycles. The zero-order valence-electron chi connectivity index (χ0n) is 20.0. The Balaban J connectivity index is 1.84. The molecule has 4 aromatic rings. The van der Waals surface area contributed by atoms with Crippen LogP contribution in [0.4, 0.5) is 0 Å².